The molecule has 0 aliphatic rings. The monoisotopic (exact) mass is 1060 g/mol. The molecule has 76 heavy (non-hydrogen) atoms. The molecule has 0 saturated heterocycles. The molecule has 3 heterocycles. The lowest BCUT2D eigenvalue weighted by Gasteiger charge is -2.24. The van der Waals surface area contributed by atoms with Crippen molar-refractivity contribution in [2.24, 2.45) is 0 Å². The first-order valence-corrected chi connectivity index (χ1v) is 31.2. The standard InChI is InChI=1S/3C21H16NO2P.Al/c3*23-19-13-14-20(18-12-7-15-22-21(18)19)25(24,16-8-3-1-4-9-16)17-10-5-2-6-11-17;/h3*1-15,23H;/q;;;+3/p-3. The van der Waals surface area contributed by atoms with E-state index < -0.39 is 36.6 Å². The van der Waals surface area contributed by atoms with Crippen LogP contribution in [0.2, 0.25) is 0 Å². The van der Waals surface area contributed by atoms with Crippen LogP contribution in [0.1, 0.15) is 0 Å². The zero-order valence-electron chi connectivity index (χ0n) is 40.7. The zero-order chi connectivity index (χ0) is 51.5. The van der Waals surface area contributed by atoms with Gasteiger partial charge in [-0.05, 0) is 54.6 Å². The Morgan fingerprint density at radius 2 is 0.487 bits per heavy atom. The predicted molar refractivity (Wildman–Crippen MR) is 311 cm³/mol. The molecule has 0 saturated carbocycles. The molecule has 366 valence electrons. The molecule has 12 aromatic rings. The van der Waals surface area contributed by atoms with Gasteiger partial charge in [0.15, 0.2) is 21.4 Å². The Balaban J connectivity index is 1.02. The Hall–Kier alpha value is -8.17. The third-order valence-electron chi connectivity index (χ3n) is 13.5. The van der Waals surface area contributed by atoms with E-state index in [-0.39, 0.29) is 0 Å². The Labute approximate surface area is 445 Å². The maximum absolute atomic E-state index is 15.9. The average molecular weight is 1060 g/mol. The fourth-order valence-corrected chi connectivity index (χ4v) is 19.9. The topological polar surface area (TPSA) is 118 Å². The van der Waals surface area contributed by atoms with Crippen molar-refractivity contribution in [3.63, 3.8) is 0 Å². The number of aromatic nitrogens is 3. The summed E-state index contributed by atoms with van der Waals surface area (Å²) in [6.07, 6.45) is 5.03. The van der Waals surface area contributed by atoms with Gasteiger partial charge < -0.3 is 25.1 Å². The summed E-state index contributed by atoms with van der Waals surface area (Å²) in [5, 5.41) is 7.76. The quantitative estimate of drug-likeness (QED) is 0.0731. The third-order valence-corrected chi connectivity index (χ3v) is 24.2. The lowest BCUT2D eigenvalue weighted by atomic mass is 10.2. The molecule has 9 aromatic carbocycles. The second-order valence-electron chi connectivity index (χ2n) is 17.9. The maximum Gasteiger partial charge on any atom is 1.20 e. The molecule has 0 atom stereocenters. The normalized spacial score (nSPS) is 11.8. The van der Waals surface area contributed by atoms with Gasteiger partial charge in [-0.25, -0.2) is 0 Å². The van der Waals surface area contributed by atoms with Gasteiger partial charge in [-0.2, -0.15) is 0 Å². The number of fused-ring (bicyclic) bond motifs is 3. The smallest absolute Gasteiger partial charge is 0.576 e. The van der Waals surface area contributed by atoms with Gasteiger partial charge in [-0.1, -0.05) is 200 Å². The van der Waals surface area contributed by atoms with E-state index in [0.717, 1.165) is 0 Å². The number of pyridine rings is 3. The van der Waals surface area contributed by atoms with Crippen LogP contribution in [-0.4, -0.2) is 30.1 Å². The van der Waals surface area contributed by atoms with E-state index in [1.54, 1.807) is 36.8 Å². The molecule has 0 aliphatic carbocycles. The highest BCUT2D eigenvalue weighted by Gasteiger charge is 2.47. The van der Waals surface area contributed by atoms with Crippen molar-refractivity contribution in [3.8, 4) is 17.2 Å². The van der Waals surface area contributed by atoms with Crippen molar-refractivity contribution in [1.29, 1.82) is 0 Å². The van der Waals surface area contributed by atoms with E-state index >= 15 is 13.7 Å². The van der Waals surface area contributed by atoms with Crippen LogP contribution in [0, 0.1) is 0 Å². The number of nitrogens with zero attached hydrogens (tertiary/aromatic N) is 3. The number of hydrogen-bond acceptors (Lipinski definition) is 9. The van der Waals surface area contributed by atoms with E-state index in [1.807, 2.05) is 237 Å². The van der Waals surface area contributed by atoms with Crippen molar-refractivity contribution in [2.75, 3.05) is 0 Å². The highest BCUT2D eigenvalue weighted by atomic mass is 31.2. The van der Waals surface area contributed by atoms with Gasteiger partial charge in [0.1, 0.15) is 33.8 Å². The summed E-state index contributed by atoms with van der Waals surface area (Å²) < 4.78 is 68.9. The molecular formula is C63H45AlN3O6P3. The minimum absolute atomic E-state index is 0.335. The summed E-state index contributed by atoms with van der Waals surface area (Å²) >= 11 is -3.59. The van der Waals surface area contributed by atoms with Crippen LogP contribution in [0.15, 0.2) is 273 Å². The average Bonchev–Trinajstić information content (AvgIpc) is 3.51. The molecule has 0 fully saturated rings. The van der Waals surface area contributed by atoms with Gasteiger partial charge >= 0.3 is 15.1 Å². The maximum atomic E-state index is 15.9. The second-order valence-corrected chi connectivity index (χ2v) is 27.4. The second kappa shape index (κ2) is 20.9. The molecule has 12 rings (SSSR count). The highest BCUT2D eigenvalue weighted by molar-refractivity contribution is 7.86. The molecule has 0 bridgehead atoms. The molecule has 0 unspecified atom stereocenters. The van der Waals surface area contributed by atoms with Crippen LogP contribution >= 0.6 is 21.4 Å². The largest absolute Gasteiger partial charge is 1.20 e. The molecule has 0 amide bonds. The molecule has 9 nitrogen and oxygen atoms in total. The Morgan fingerprint density at radius 1 is 0.263 bits per heavy atom. The summed E-state index contributed by atoms with van der Waals surface area (Å²) in [5.41, 5.74) is 1.35. The van der Waals surface area contributed by atoms with Gasteiger partial charge in [-0.3, -0.25) is 15.0 Å². The molecule has 0 N–H and O–H groups in total. The molecule has 0 radical (unpaired) electrons. The van der Waals surface area contributed by atoms with Gasteiger partial charge in [-0.15, -0.1) is 0 Å². The van der Waals surface area contributed by atoms with E-state index in [9.17, 15) is 0 Å². The van der Waals surface area contributed by atoms with Crippen molar-refractivity contribution < 1.29 is 25.1 Å². The summed E-state index contributed by atoms with van der Waals surface area (Å²) in [5.74, 6) is 1.00. The van der Waals surface area contributed by atoms with Crippen molar-refractivity contribution in [1.82, 2.24) is 15.0 Å². The van der Waals surface area contributed by atoms with Gasteiger partial charge in [0.25, 0.3) is 0 Å². The number of benzene rings is 9. The summed E-state index contributed by atoms with van der Waals surface area (Å²) in [6, 6.07) is 79.1. The molecule has 0 aliphatic heterocycles. The van der Waals surface area contributed by atoms with Gasteiger partial charge in [0.2, 0.25) is 0 Å². The third kappa shape index (κ3) is 8.75. The van der Waals surface area contributed by atoms with E-state index in [0.29, 0.717) is 97.7 Å². The lowest BCUT2D eigenvalue weighted by Crippen LogP contribution is -2.38. The fraction of sp³-hybridized carbons (Fsp3) is 0. The lowest BCUT2D eigenvalue weighted by molar-refractivity contribution is 0.311. The highest BCUT2D eigenvalue weighted by Crippen LogP contribution is 2.48. The van der Waals surface area contributed by atoms with E-state index in [4.69, 9.17) is 26.3 Å². The minimum Gasteiger partial charge on any atom is -0.576 e. The van der Waals surface area contributed by atoms with Crippen LogP contribution in [-0.2, 0) is 13.7 Å². The van der Waals surface area contributed by atoms with Crippen LogP contribution in [0.5, 0.6) is 17.2 Å². The number of hydrogen-bond donors (Lipinski definition) is 0. The predicted octanol–water partition coefficient (Wildman–Crippen LogP) is 10.8. The summed E-state index contributed by atoms with van der Waals surface area (Å²) in [7, 11) is -10.4. The number of rotatable bonds is 15. The summed E-state index contributed by atoms with van der Waals surface area (Å²) in [6.45, 7) is 0. The Morgan fingerprint density at radius 3 is 0.711 bits per heavy atom. The van der Waals surface area contributed by atoms with Gasteiger partial charge in [0, 0.05) is 82.5 Å². The molecular weight excluding hydrogens is 1010 g/mol. The summed E-state index contributed by atoms with van der Waals surface area (Å²) in [4.78, 5) is 14.6. The van der Waals surface area contributed by atoms with Gasteiger partial charge in [0.05, 0.1) is 0 Å². The van der Waals surface area contributed by atoms with Crippen LogP contribution in [0.4, 0.5) is 0 Å². The SMILES string of the molecule is O=P(c1ccccc1)(c1ccccc1)c1ccc([O][Al]([O]c2ccc(P(=O)(c3ccccc3)c3ccccc3)c3cccnc23)[O]c2ccc(P(=O)(c3ccccc3)c3ccccc3)c3cccnc23)c2ncccc12. The van der Waals surface area contributed by atoms with Crippen molar-refractivity contribution >= 4 is 117 Å². The van der Waals surface area contributed by atoms with Crippen LogP contribution in [0.3, 0.4) is 0 Å². The van der Waals surface area contributed by atoms with Crippen LogP contribution < -0.4 is 59.1 Å². The van der Waals surface area contributed by atoms with Crippen LogP contribution in [0.25, 0.3) is 32.7 Å². The first kappa shape index (κ1) is 48.8. The minimum atomic E-state index is -3.59. The molecule has 3 aromatic heterocycles. The fourth-order valence-electron chi connectivity index (χ4n) is 10.00. The Bertz CT molecular complexity index is 3640. The van der Waals surface area contributed by atoms with E-state index in [1.165, 1.54) is 0 Å². The molecule has 13 heteroatoms. The van der Waals surface area contributed by atoms with Crippen molar-refractivity contribution in [3.05, 3.63) is 273 Å². The first-order valence-electron chi connectivity index (χ1n) is 24.6. The van der Waals surface area contributed by atoms with E-state index in [2.05, 4.69) is 0 Å². The Kier molecular flexibility index (Phi) is 13.4. The zero-order valence-corrected chi connectivity index (χ0v) is 44.5. The first-order chi connectivity index (χ1) is 37.3. The molecule has 0 spiro atoms. The van der Waals surface area contributed by atoms with Crippen molar-refractivity contribution in [2.45, 2.75) is 0 Å².